The topological polar surface area (TPSA) is 61.4 Å². The fourth-order valence-electron chi connectivity index (χ4n) is 2.87. The molecule has 1 aliphatic rings. The Labute approximate surface area is 148 Å². The van der Waals surface area contributed by atoms with Gasteiger partial charge >= 0.3 is 0 Å². The molecule has 0 radical (unpaired) electrons. The molecule has 1 aromatic heterocycles. The van der Waals surface area contributed by atoms with Gasteiger partial charge in [-0.25, -0.2) is 0 Å². The lowest BCUT2D eigenvalue weighted by Gasteiger charge is -2.36. The molecule has 0 saturated carbocycles. The normalized spacial score (nSPS) is 14.3. The lowest BCUT2D eigenvalue weighted by atomic mass is 10.2. The van der Waals surface area contributed by atoms with Crippen LogP contribution >= 0.6 is 0 Å². The van der Waals surface area contributed by atoms with E-state index < -0.39 is 0 Å². The quantitative estimate of drug-likeness (QED) is 0.849. The van der Waals surface area contributed by atoms with Gasteiger partial charge in [0, 0.05) is 38.4 Å². The van der Waals surface area contributed by atoms with Crippen LogP contribution in [0.4, 0.5) is 11.5 Å². The smallest absolute Gasteiger partial charge is 0.274 e. The molecule has 6 heteroatoms. The van der Waals surface area contributed by atoms with Gasteiger partial charge < -0.3 is 15.1 Å². The molecule has 0 unspecified atom stereocenters. The lowest BCUT2D eigenvalue weighted by Crippen LogP contribution is -2.49. The minimum atomic E-state index is -0.0633. The molecule has 1 aliphatic heterocycles. The highest BCUT2D eigenvalue weighted by Gasteiger charge is 2.23. The van der Waals surface area contributed by atoms with Crippen molar-refractivity contribution >= 4 is 17.4 Å². The molecule has 2 aromatic rings. The number of aryl methyl sites for hydroxylation is 1. The van der Waals surface area contributed by atoms with Gasteiger partial charge in [0.25, 0.3) is 5.91 Å². The van der Waals surface area contributed by atoms with Crippen LogP contribution in [-0.2, 0) is 0 Å². The van der Waals surface area contributed by atoms with Crippen LogP contribution in [0.15, 0.2) is 49.1 Å². The summed E-state index contributed by atoms with van der Waals surface area (Å²) in [6.07, 6.45) is 1.74. The first-order chi connectivity index (χ1) is 12.2. The van der Waals surface area contributed by atoms with E-state index in [0.29, 0.717) is 31.1 Å². The van der Waals surface area contributed by atoms with Crippen molar-refractivity contribution in [3.05, 3.63) is 60.3 Å². The van der Waals surface area contributed by atoms with E-state index in [1.165, 1.54) is 11.3 Å². The molecule has 3 rings (SSSR count). The average Bonchev–Trinajstić information content (AvgIpc) is 2.66. The van der Waals surface area contributed by atoms with Gasteiger partial charge in [-0.1, -0.05) is 18.2 Å². The summed E-state index contributed by atoms with van der Waals surface area (Å²) in [7, 11) is 0. The van der Waals surface area contributed by atoms with Crippen molar-refractivity contribution in [2.75, 3.05) is 42.9 Å². The summed E-state index contributed by atoms with van der Waals surface area (Å²) in [6.45, 7) is 9.36. The third-order valence-electron chi connectivity index (χ3n) is 4.24. The number of nitrogens with zero attached hydrogens (tertiary/aromatic N) is 4. The Hall–Kier alpha value is -2.89. The molecule has 0 atom stereocenters. The summed E-state index contributed by atoms with van der Waals surface area (Å²) in [5.74, 6) is 0.576. The maximum atomic E-state index is 12.6. The minimum Gasteiger partial charge on any atom is -0.368 e. The standard InChI is InChI=1S/C19H23N5O/c1-3-9-20-18-8-7-17(21-22-18)19(25)24-12-10-23(11-13-24)16-6-4-5-15(2)14-16/h3-8,14H,1,9-13H2,2H3,(H,20,22). The zero-order valence-corrected chi connectivity index (χ0v) is 14.5. The molecule has 1 amide bonds. The number of rotatable bonds is 5. The number of amides is 1. The number of benzene rings is 1. The predicted octanol–water partition coefficient (Wildman–Crippen LogP) is 2.35. The molecular formula is C19H23N5O. The number of nitrogens with one attached hydrogen (secondary N) is 1. The molecule has 1 fully saturated rings. The molecule has 2 heterocycles. The van der Waals surface area contributed by atoms with E-state index in [9.17, 15) is 4.79 Å². The maximum Gasteiger partial charge on any atom is 0.274 e. The molecule has 0 spiro atoms. The van der Waals surface area contributed by atoms with Crippen LogP contribution in [0.3, 0.4) is 0 Å². The molecule has 130 valence electrons. The van der Waals surface area contributed by atoms with Crippen molar-refractivity contribution in [2.45, 2.75) is 6.92 Å². The Morgan fingerprint density at radius 2 is 2.00 bits per heavy atom. The van der Waals surface area contributed by atoms with Gasteiger partial charge in [-0.05, 0) is 36.8 Å². The Balaban J connectivity index is 1.58. The van der Waals surface area contributed by atoms with Gasteiger partial charge in [0.05, 0.1) is 0 Å². The van der Waals surface area contributed by atoms with Crippen molar-refractivity contribution in [2.24, 2.45) is 0 Å². The molecule has 1 aromatic carbocycles. The Morgan fingerprint density at radius 3 is 2.64 bits per heavy atom. The number of anilines is 2. The summed E-state index contributed by atoms with van der Waals surface area (Å²) >= 11 is 0. The van der Waals surface area contributed by atoms with E-state index in [2.05, 4.69) is 58.2 Å². The first-order valence-corrected chi connectivity index (χ1v) is 8.47. The molecular weight excluding hydrogens is 314 g/mol. The molecule has 0 bridgehead atoms. The van der Waals surface area contributed by atoms with Crippen molar-refractivity contribution in [3.8, 4) is 0 Å². The van der Waals surface area contributed by atoms with E-state index in [1.807, 2.05) is 4.90 Å². The number of hydrogen-bond donors (Lipinski definition) is 1. The Morgan fingerprint density at radius 1 is 1.20 bits per heavy atom. The first-order valence-electron chi connectivity index (χ1n) is 8.47. The zero-order valence-electron chi connectivity index (χ0n) is 14.5. The summed E-state index contributed by atoms with van der Waals surface area (Å²) in [5, 5.41) is 11.1. The van der Waals surface area contributed by atoms with Crippen LogP contribution in [-0.4, -0.2) is 53.7 Å². The molecule has 1 N–H and O–H groups in total. The van der Waals surface area contributed by atoms with Crippen LogP contribution in [0.5, 0.6) is 0 Å². The van der Waals surface area contributed by atoms with Crippen molar-refractivity contribution in [3.63, 3.8) is 0 Å². The maximum absolute atomic E-state index is 12.6. The lowest BCUT2D eigenvalue weighted by molar-refractivity contribution is 0.0739. The minimum absolute atomic E-state index is 0.0633. The van der Waals surface area contributed by atoms with Gasteiger partial charge in [0.2, 0.25) is 0 Å². The van der Waals surface area contributed by atoms with E-state index in [4.69, 9.17) is 0 Å². The fraction of sp³-hybridized carbons (Fsp3) is 0.316. The zero-order chi connectivity index (χ0) is 17.6. The van der Waals surface area contributed by atoms with Crippen molar-refractivity contribution < 1.29 is 4.79 Å². The Kier molecular flexibility index (Phi) is 5.28. The van der Waals surface area contributed by atoms with Gasteiger partial charge in [0.1, 0.15) is 5.82 Å². The fourth-order valence-corrected chi connectivity index (χ4v) is 2.87. The van der Waals surface area contributed by atoms with Crippen LogP contribution < -0.4 is 10.2 Å². The second-order valence-corrected chi connectivity index (χ2v) is 6.09. The second kappa shape index (κ2) is 7.79. The Bertz CT molecular complexity index is 736. The first kappa shape index (κ1) is 17.0. The third kappa shape index (κ3) is 4.15. The number of carbonyl (C=O) groups is 1. The molecule has 25 heavy (non-hydrogen) atoms. The molecule has 0 aliphatic carbocycles. The molecule has 6 nitrogen and oxygen atoms in total. The van der Waals surface area contributed by atoms with Crippen LogP contribution in [0, 0.1) is 6.92 Å². The van der Waals surface area contributed by atoms with E-state index in [-0.39, 0.29) is 5.91 Å². The van der Waals surface area contributed by atoms with Crippen molar-refractivity contribution in [1.82, 2.24) is 15.1 Å². The van der Waals surface area contributed by atoms with Crippen LogP contribution in [0.25, 0.3) is 0 Å². The summed E-state index contributed by atoms with van der Waals surface area (Å²) in [5.41, 5.74) is 2.84. The highest BCUT2D eigenvalue weighted by Crippen LogP contribution is 2.18. The number of carbonyl (C=O) groups excluding carboxylic acids is 1. The number of piperazine rings is 1. The van der Waals surface area contributed by atoms with Gasteiger partial charge in [0.15, 0.2) is 5.69 Å². The van der Waals surface area contributed by atoms with Crippen molar-refractivity contribution in [1.29, 1.82) is 0 Å². The highest BCUT2D eigenvalue weighted by atomic mass is 16.2. The van der Waals surface area contributed by atoms with E-state index in [1.54, 1.807) is 18.2 Å². The second-order valence-electron chi connectivity index (χ2n) is 6.09. The third-order valence-corrected chi connectivity index (χ3v) is 4.24. The highest BCUT2D eigenvalue weighted by molar-refractivity contribution is 5.92. The van der Waals surface area contributed by atoms with Crippen LogP contribution in [0.2, 0.25) is 0 Å². The molecule has 1 saturated heterocycles. The summed E-state index contributed by atoms with van der Waals surface area (Å²) < 4.78 is 0. The van der Waals surface area contributed by atoms with E-state index in [0.717, 1.165) is 13.1 Å². The summed E-state index contributed by atoms with van der Waals surface area (Å²) in [6, 6.07) is 11.9. The predicted molar refractivity (Wildman–Crippen MR) is 100 cm³/mol. The van der Waals surface area contributed by atoms with Gasteiger partial charge in [-0.2, -0.15) is 0 Å². The summed E-state index contributed by atoms with van der Waals surface area (Å²) in [4.78, 5) is 16.7. The van der Waals surface area contributed by atoms with E-state index >= 15 is 0 Å². The van der Waals surface area contributed by atoms with Crippen LogP contribution in [0.1, 0.15) is 16.1 Å². The monoisotopic (exact) mass is 337 g/mol. The largest absolute Gasteiger partial charge is 0.368 e. The van der Waals surface area contributed by atoms with Gasteiger partial charge in [-0.15, -0.1) is 16.8 Å². The number of hydrogen-bond acceptors (Lipinski definition) is 5. The van der Waals surface area contributed by atoms with Gasteiger partial charge in [-0.3, -0.25) is 4.79 Å². The average molecular weight is 337 g/mol. The number of aromatic nitrogens is 2. The SMILES string of the molecule is C=CCNc1ccc(C(=O)N2CCN(c3cccc(C)c3)CC2)nn1.